The number of halogens is 3. The Hall–Kier alpha value is -2.51. The molecular weight excluding hydrogens is 337 g/mol. The fourth-order valence-corrected chi connectivity index (χ4v) is 2.49. The average molecular weight is 356 g/mol. The predicted molar refractivity (Wildman–Crippen MR) is 84.4 cm³/mol. The summed E-state index contributed by atoms with van der Waals surface area (Å²) in [5, 5.41) is 2.62. The third-order valence-corrected chi connectivity index (χ3v) is 3.89. The maximum atomic E-state index is 12.7. The first-order valence-corrected chi connectivity index (χ1v) is 7.65. The summed E-state index contributed by atoms with van der Waals surface area (Å²) in [6.45, 7) is 4.96. The van der Waals surface area contributed by atoms with Gasteiger partial charge in [-0.3, -0.25) is 0 Å². The Labute approximate surface area is 143 Å². The van der Waals surface area contributed by atoms with Gasteiger partial charge in [-0.25, -0.2) is 9.59 Å². The van der Waals surface area contributed by atoms with Gasteiger partial charge in [-0.05, 0) is 38.5 Å². The normalized spacial score (nSPS) is 18.5. The average Bonchev–Trinajstić information content (AvgIpc) is 2.50. The number of carbonyl (C=O) groups excluding carboxylic acids is 2. The van der Waals surface area contributed by atoms with Gasteiger partial charge in [-0.15, -0.1) is 0 Å². The summed E-state index contributed by atoms with van der Waals surface area (Å²) in [7, 11) is 1.50. The first-order chi connectivity index (χ1) is 11.5. The van der Waals surface area contributed by atoms with Gasteiger partial charge in [0.05, 0.1) is 23.3 Å². The number of nitrogens with one attached hydrogen (secondary N) is 1. The monoisotopic (exact) mass is 356 g/mol. The molecule has 1 atom stereocenters. The van der Waals surface area contributed by atoms with Crippen molar-refractivity contribution in [2.75, 3.05) is 7.05 Å². The van der Waals surface area contributed by atoms with Crippen molar-refractivity contribution in [3.63, 3.8) is 0 Å². The van der Waals surface area contributed by atoms with Gasteiger partial charge in [0, 0.05) is 12.7 Å². The minimum Gasteiger partial charge on any atom is -0.459 e. The maximum Gasteiger partial charge on any atom is 0.416 e. The molecule has 2 rings (SSSR count). The topological polar surface area (TPSA) is 58.6 Å². The third-order valence-electron chi connectivity index (χ3n) is 3.89. The largest absolute Gasteiger partial charge is 0.459 e. The van der Waals surface area contributed by atoms with Crippen molar-refractivity contribution < 1.29 is 27.5 Å². The Bertz CT molecular complexity index is 709. The lowest BCUT2D eigenvalue weighted by atomic mass is 9.94. The highest BCUT2D eigenvalue weighted by atomic mass is 19.4. The second-order valence-corrected chi connectivity index (χ2v) is 6.01. The van der Waals surface area contributed by atoms with Crippen LogP contribution in [0, 0.1) is 0 Å². The van der Waals surface area contributed by atoms with E-state index in [1.54, 1.807) is 20.8 Å². The molecule has 0 aliphatic carbocycles. The number of urea groups is 1. The molecule has 0 saturated heterocycles. The maximum absolute atomic E-state index is 12.7. The van der Waals surface area contributed by atoms with Crippen molar-refractivity contribution in [2.45, 2.75) is 39.1 Å². The standard InChI is InChI=1S/C17H19F3N2O3/c1-9(2)25-15(23)13-10(3)22(4)16(24)21-14(13)11-5-7-12(8-6-11)17(18,19)20/h5-9,14H,1-4H3,(H,21,24). The van der Waals surface area contributed by atoms with E-state index in [0.717, 1.165) is 12.1 Å². The number of benzene rings is 1. The van der Waals surface area contributed by atoms with E-state index in [1.807, 2.05) is 0 Å². The number of esters is 1. The lowest BCUT2D eigenvalue weighted by Gasteiger charge is -2.33. The summed E-state index contributed by atoms with van der Waals surface area (Å²) >= 11 is 0. The third kappa shape index (κ3) is 3.94. The summed E-state index contributed by atoms with van der Waals surface area (Å²) in [6, 6.07) is 2.99. The molecule has 1 aliphatic heterocycles. The summed E-state index contributed by atoms with van der Waals surface area (Å²) in [5.41, 5.74) is 0.141. The lowest BCUT2D eigenvalue weighted by molar-refractivity contribution is -0.143. The number of allylic oxidation sites excluding steroid dienone is 1. The molecule has 0 spiro atoms. The molecule has 2 amide bonds. The van der Waals surface area contributed by atoms with Crippen LogP contribution in [-0.2, 0) is 15.7 Å². The van der Waals surface area contributed by atoms with Crippen LogP contribution in [-0.4, -0.2) is 30.1 Å². The molecule has 1 heterocycles. The van der Waals surface area contributed by atoms with E-state index < -0.39 is 29.8 Å². The zero-order chi connectivity index (χ0) is 18.9. The molecule has 0 fully saturated rings. The first kappa shape index (κ1) is 18.8. The Morgan fingerprint density at radius 2 is 1.80 bits per heavy atom. The molecule has 0 saturated carbocycles. The zero-order valence-electron chi connectivity index (χ0n) is 14.3. The number of rotatable bonds is 3. The first-order valence-electron chi connectivity index (χ1n) is 7.65. The highest BCUT2D eigenvalue weighted by Gasteiger charge is 2.36. The van der Waals surface area contributed by atoms with Gasteiger partial charge < -0.3 is 15.0 Å². The Morgan fingerprint density at radius 3 is 2.28 bits per heavy atom. The number of alkyl halides is 3. The molecular formula is C17H19F3N2O3. The van der Waals surface area contributed by atoms with E-state index in [-0.39, 0.29) is 11.7 Å². The number of carbonyl (C=O) groups is 2. The van der Waals surface area contributed by atoms with Crippen molar-refractivity contribution in [1.29, 1.82) is 0 Å². The van der Waals surface area contributed by atoms with Gasteiger partial charge in [0.2, 0.25) is 0 Å². The molecule has 1 aromatic carbocycles. The fourth-order valence-electron chi connectivity index (χ4n) is 2.49. The van der Waals surface area contributed by atoms with Crippen molar-refractivity contribution in [3.05, 3.63) is 46.7 Å². The van der Waals surface area contributed by atoms with E-state index in [1.165, 1.54) is 24.1 Å². The van der Waals surface area contributed by atoms with E-state index in [2.05, 4.69) is 5.32 Å². The van der Waals surface area contributed by atoms with Gasteiger partial charge in [-0.2, -0.15) is 13.2 Å². The number of amides is 2. The summed E-state index contributed by atoms with van der Waals surface area (Å²) in [5.74, 6) is -0.621. The van der Waals surface area contributed by atoms with Crippen molar-refractivity contribution >= 4 is 12.0 Å². The second kappa shape index (κ2) is 6.78. The molecule has 1 N–H and O–H groups in total. The van der Waals surface area contributed by atoms with E-state index in [9.17, 15) is 22.8 Å². The molecule has 1 aromatic rings. The van der Waals surface area contributed by atoms with Crippen LogP contribution in [0.4, 0.5) is 18.0 Å². The van der Waals surface area contributed by atoms with Gasteiger partial charge in [0.25, 0.3) is 0 Å². The van der Waals surface area contributed by atoms with Gasteiger partial charge in [0.1, 0.15) is 0 Å². The molecule has 25 heavy (non-hydrogen) atoms. The molecule has 1 unspecified atom stereocenters. The fraction of sp³-hybridized carbons (Fsp3) is 0.412. The Morgan fingerprint density at radius 1 is 1.24 bits per heavy atom. The van der Waals surface area contributed by atoms with Crippen LogP contribution in [0.1, 0.15) is 37.9 Å². The minimum absolute atomic E-state index is 0.190. The molecule has 8 heteroatoms. The quantitative estimate of drug-likeness (QED) is 0.842. The number of hydrogen-bond acceptors (Lipinski definition) is 3. The zero-order valence-corrected chi connectivity index (χ0v) is 14.3. The van der Waals surface area contributed by atoms with Gasteiger partial charge in [-0.1, -0.05) is 12.1 Å². The van der Waals surface area contributed by atoms with Crippen LogP contribution in [0.25, 0.3) is 0 Å². The molecule has 5 nitrogen and oxygen atoms in total. The molecule has 1 aliphatic rings. The van der Waals surface area contributed by atoms with Crippen LogP contribution in [0.3, 0.4) is 0 Å². The minimum atomic E-state index is -4.46. The highest BCUT2D eigenvalue weighted by molar-refractivity contribution is 5.95. The van der Waals surface area contributed by atoms with Gasteiger partial charge >= 0.3 is 18.2 Å². The van der Waals surface area contributed by atoms with Crippen LogP contribution in [0.15, 0.2) is 35.5 Å². The SMILES string of the molecule is CC1=C(C(=O)OC(C)C)C(c2ccc(C(F)(F)F)cc2)NC(=O)N1C. The Balaban J connectivity index is 2.46. The highest BCUT2D eigenvalue weighted by Crippen LogP contribution is 2.34. The molecule has 136 valence electrons. The molecule has 0 radical (unpaired) electrons. The number of hydrogen-bond donors (Lipinski definition) is 1. The summed E-state index contributed by atoms with van der Waals surface area (Å²) in [6.07, 6.45) is -4.83. The van der Waals surface area contributed by atoms with Crippen molar-refractivity contribution in [3.8, 4) is 0 Å². The molecule has 0 bridgehead atoms. The van der Waals surface area contributed by atoms with Crippen LogP contribution < -0.4 is 5.32 Å². The summed E-state index contributed by atoms with van der Waals surface area (Å²) in [4.78, 5) is 25.8. The van der Waals surface area contributed by atoms with Gasteiger partial charge in [0.15, 0.2) is 0 Å². The number of ether oxygens (including phenoxy) is 1. The molecule has 0 aromatic heterocycles. The van der Waals surface area contributed by atoms with E-state index >= 15 is 0 Å². The predicted octanol–water partition coefficient (Wildman–Crippen LogP) is 3.63. The second-order valence-electron chi connectivity index (χ2n) is 6.01. The van der Waals surface area contributed by atoms with Crippen LogP contribution in [0.2, 0.25) is 0 Å². The van der Waals surface area contributed by atoms with E-state index in [0.29, 0.717) is 11.3 Å². The van der Waals surface area contributed by atoms with Crippen LogP contribution >= 0.6 is 0 Å². The van der Waals surface area contributed by atoms with Crippen molar-refractivity contribution in [2.24, 2.45) is 0 Å². The van der Waals surface area contributed by atoms with Crippen LogP contribution in [0.5, 0.6) is 0 Å². The van der Waals surface area contributed by atoms with Crippen molar-refractivity contribution in [1.82, 2.24) is 10.2 Å². The lowest BCUT2D eigenvalue weighted by Crippen LogP contribution is -2.46. The smallest absolute Gasteiger partial charge is 0.416 e. The summed E-state index contributed by atoms with van der Waals surface area (Å²) < 4.78 is 43.4. The van der Waals surface area contributed by atoms with E-state index in [4.69, 9.17) is 4.74 Å². The number of nitrogens with zero attached hydrogens (tertiary/aromatic N) is 1. The Kier molecular flexibility index (Phi) is 5.10.